The van der Waals surface area contributed by atoms with Gasteiger partial charge >= 0.3 is 5.57 Å². The zero-order valence-corrected chi connectivity index (χ0v) is 7.94. The number of aromatic nitrogens is 1. The number of alkyl halides is 3. The van der Waals surface area contributed by atoms with Crippen molar-refractivity contribution in [1.82, 2.24) is 4.98 Å². The largest absolute Gasteiger partial charge is 0.488 e. The molecule has 1 heterocycles. The van der Waals surface area contributed by atoms with Gasteiger partial charge in [0, 0.05) is 28.3 Å². The van der Waals surface area contributed by atoms with Crippen LogP contribution in [0.5, 0.6) is 5.88 Å². The van der Waals surface area contributed by atoms with E-state index in [1.54, 1.807) is 0 Å². The number of pyridine rings is 1. The number of hydrogen-bond donors (Lipinski definition) is 0. The van der Waals surface area contributed by atoms with Gasteiger partial charge in [-0.2, -0.15) is 0 Å². The molecule has 0 N–H and O–H groups in total. The minimum Gasteiger partial charge on any atom is -0.402 e. The van der Waals surface area contributed by atoms with Gasteiger partial charge in [-0.1, -0.05) is 0 Å². The van der Waals surface area contributed by atoms with Crippen LogP contribution in [0.4, 0.5) is 8.78 Å². The third-order valence-electron chi connectivity index (χ3n) is 0.921. The second kappa shape index (κ2) is 3.53. The van der Waals surface area contributed by atoms with Crippen LogP contribution in [0.25, 0.3) is 0 Å². The first-order chi connectivity index (χ1) is 5.47. The van der Waals surface area contributed by atoms with Gasteiger partial charge in [0.2, 0.25) is 5.88 Å². The normalized spacial score (nSPS) is 11.3. The van der Waals surface area contributed by atoms with Gasteiger partial charge in [-0.3, -0.25) is 0 Å². The highest BCUT2D eigenvalue weighted by atomic mass is 79.9. The standard InChI is InChI=1S/C6H3BrClF2NO/c7-4-1-2-5(11-3-4)12-6(8,9)10/h1-3H. The van der Waals surface area contributed by atoms with Gasteiger partial charge < -0.3 is 4.74 Å². The molecule has 0 aromatic carbocycles. The molecule has 1 aromatic rings. The van der Waals surface area contributed by atoms with Crippen molar-refractivity contribution in [2.75, 3.05) is 0 Å². The van der Waals surface area contributed by atoms with Gasteiger partial charge in [-0.15, -0.1) is 8.78 Å². The summed E-state index contributed by atoms with van der Waals surface area (Å²) in [6, 6.07) is 2.80. The van der Waals surface area contributed by atoms with Crippen LogP contribution in [0.15, 0.2) is 22.8 Å². The lowest BCUT2D eigenvalue weighted by atomic mass is 10.5. The smallest absolute Gasteiger partial charge is 0.402 e. The molecule has 1 rings (SSSR count). The molecule has 0 aliphatic rings. The Morgan fingerprint density at radius 2 is 2.17 bits per heavy atom. The van der Waals surface area contributed by atoms with Gasteiger partial charge in [-0.05, 0) is 22.0 Å². The molecule has 6 heteroatoms. The first-order valence-electron chi connectivity index (χ1n) is 2.85. The number of rotatable bonds is 2. The lowest BCUT2D eigenvalue weighted by Crippen LogP contribution is -2.16. The van der Waals surface area contributed by atoms with Crippen LogP contribution >= 0.6 is 27.5 Å². The van der Waals surface area contributed by atoms with E-state index in [2.05, 4.69) is 37.3 Å². The first kappa shape index (κ1) is 9.67. The molecule has 0 unspecified atom stereocenters. The summed E-state index contributed by atoms with van der Waals surface area (Å²) >= 11 is 7.59. The molecule has 0 bridgehead atoms. The number of hydrogen-bond acceptors (Lipinski definition) is 2. The van der Waals surface area contributed by atoms with Crippen LogP contribution < -0.4 is 4.74 Å². The van der Waals surface area contributed by atoms with Crippen LogP contribution in [0, 0.1) is 0 Å². The number of halogens is 4. The predicted octanol–water partition coefficient (Wildman–Crippen LogP) is 3.01. The van der Waals surface area contributed by atoms with E-state index in [0.717, 1.165) is 0 Å². The first-order valence-corrected chi connectivity index (χ1v) is 4.02. The molecule has 0 amide bonds. The van der Waals surface area contributed by atoms with Gasteiger partial charge in [-0.25, -0.2) is 4.98 Å². The average molecular weight is 258 g/mol. The molecule has 12 heavy (non-hydrogen) atoms. The van der Waals surface area contributed by atoms with Crippen LogP contribution in [0.3, 0.4) is 0 Å². The summed E-state index contributed by atoms with van der Waals surface area (Å²) in [4.78, 5) is 3.53. The lowest BCUT2D eigenvalue weighted by molar-refractivity contribution is -0.0991. The van der Waals surface area contributed by atoms with Crippen molar-refractivity contribution < 1.29 is 13.5 Å². The summed E-state index contributed by atoms with van der Waals surface area (Å²) in [7, 11) is 0. The van der Waals surface area contributed by atoms with Crippen molar-refractivity contribution in [3.8, 4) is 5.88 Å². The quantitative estimate of drug-likeness (QED) is 0.761. The molecule has 0 atom stereocenters. The molecule has 0 saturated carbocycles. The summed E-state index contributed by atoms with van der Waals surface area (Å²) in [5, 5.41) is 0. The highest BCUT2D eigenvalue weighted by Gasteiger charge is 2.27. The molecule has 0 aliphatic carbocycles. The second-order valence-electron chi connectivity index (χ2n) is 1.86. The van der Waals surface area contributed by atoms with Crippen molar-refractivity contribution in [3.05, 3.63) is 22.8 Å². The van der Waals surface area contributed by atoms with Gasteiger partial charge in [0.05, 0.1) is 0 Å². The summed E-state index contributed by atoms with van der Waals surface area (Å²) in [6.07, 6.45) is 1.33. The van der Waals surface area contributed by atoms with Crippen molar-refractivity contribution in [2.45, 2.75) is 5.57 Å². The fourth-order valence-corrected chi connectivity index (χ4v) is 0.855. The third-order valence-corrected chi connectivity index (χ3v) is 1.47. The highest BCUT2D eigenvalue weighted by molar-refractivity contribution is 9.10. The predicted molar refractivity (Wildman–Crippen MR) is 43.4 cm³/mol. The molecule has 0 aliphatic heterocycles. The van der Waals surface area contributed by atoms with E-state index in [1.165, 1.54) is 18.3 Å². The molecule has 0 spiro atoms. The van der Waals surface area contributed by atoms with Crippen LogP contribution in [0.2, 0.25) is 0 Å². The van der Waals surface area contributed by atoms with Crippen molar-refractivity contribution in [2.24, 2.45) is 0 Å². The van der Waals surface area contributed by atoms with Crippen molar-refractivity contribution in [1.29, 1.82) is 0 Å². The topological polar surface area (TPSA) is 22.1 Å². The van der Waals surface area contributed by atoms with Crippen molar-refractivity contribution in [3.63, 3.8) is 0 Å². The zero-order valence-electron chi connectivity index (χ0n) is 5.60. The fraction of sp³-hybridized carbons (Fsp3) is 0.167. The summed E-state index contributed by atoms with van der Waals surface area (Å²) < 4.78 is 28.6. The molecule has 0 radical (unpaired) electrons. The van der Waals surface area contributed by atoms with Gasteiger partial charge in [0.1, 0.15) is 0 Å². The Bertz CT molecular complexity index is 261. The monoisotopic (exact) mass is 257 g/mol. The molecule has 2 nitrogen and oxygen atoms in total. The maximum Gasteiger partial charge on any atom is 0.488 e. The molecule has 1 aromatic heterocycles. The van der Waals surface area contributed by atoms with E-state index in [0.29, 0.717) is 4.47 Å². The Hall–Kier alpha value is -0.420. The van der Waals surface area contributed by atoms with Gasteiger partial charge in [0.15, 0.2) is 0 Å². The Labute approximate surface area is 80.6 Å². The molecule has 66 valence electrons. The summed E-state index contributed by atoms with van der Waals surface area (Å²) in [6.45, 7) is 0. The second-order valence-corrected chi connectivity index (χ2v) is 3.22. The van der Waals surface area contributed by atoms with E-state index >= 15 is 0 Å². The van der Waals surface area contributed by atoms with Crippen LogP contribution in [-0.4, -0.2) is 10.6 Å². The van der Waals surface area contributed by atoms with E-state index in [-0.39, 0.29) is 5.88 Å². The van der Waals surface area contributed by atoms with E-state index in [1.807, 2.05) is 0 Å². The maximum absolute atomic E-state index is 12.0. The summed E-state index contributed by atoms with van der Waals surface area (Å²) in [5.41, 5.74) is -3.71. The number of nitrogens with zero attached hydrogens (tertiary/aromatic N) is 1. The number of ether oxygens (including phenoxy) is 1. The minimum atomic E-state index is -3.71. The zero-order chi connectivity index (χ0) is 9.19. The Balaban J connectivity index is 2.71. The fourth-order valence-electron chi connectivity index (χ4n) is 0.541. The third kappa shape index (κ3) is 3.32. The van der Waals surface area contributed by atoms with E-state index in [9.17, 15) is 8.78 Å². The highest BCUT2D eigenvalue weighted by Crippen LogP contribution is 2.23. The van der Waals surface area contributed by atoms with Gasteiger partial charge in [0.25, 0.3) is 0 Å². The Morgan fingerprint density at radius 1 is 1.50 bits per heavy atom. The minimum absolute atomic E-state index is 0.224. The average Bonchev–Trinajstić information content (AvgIpc) is 1.91. The summed E-state index contributed by atoms with van der Waals surface area (Å²) in [5.74, 6) is -0.224. The van der Waals surface area contributed by atoms with Crippen LogP contribution in [0.1, 0.15) is 0 Å². The van der Waals surface area contributed by atoms with Crippen molar-refractivity contribution >= 4 is 27.5 Å². The lowest BCUT2D eigenvalue weighted by Gasteiger charge is -2.08. The van der Waals surface area contributed by atoms with Crippen LogP contribution in [-0.2, 0) is 0 Å². The van der Waals surface area contributed by atoms with E-state index < -0.39 is 5.57 Å². The molecule has 0 saturated heterocycles. The Kier molecular flexibility index (Phi) is 2.85. The maximum atomic E-state index is 12.0. The molecular weight excluding hydrogens is 255 g/mol. The van der Waals surface area contributed by atoms with E-state index in [4.69, 9.17) is 0 Å². The Morgan fingerprint density at radius 3 is 2.58 bits per heavy atom. The molecule has 0 fully saturated rings. The SMILES string of the molecule is FC(F)(Cl)Oc1ccc(Br)cn1. The molecular formula is C6H3BrClF2NO.